The van der Waals surface area contributed by atoms with Crippen molar-refractivity contribution in [3.05, 3.63) is 51.0 Å². The van der Waals surface area contributed by atoms with Gasteiger partial charge in [0.2, 0.25) is 5.82 Å². The number of carbonyl (C=O) groups excluding carboxylic acids is 1. The van der Waals surface area contributed by atoms with Gasteiger partial charge in [-0.1, -0.05) is 23.2 Å². The Morgan fingerprint density at radius 2 is 2.04 bits per heavy atom. The first-order chi connectivity index (χ1) is 11.8. The van der Waals surface area contributed by atoms with Crippen molar-refractivity contribution >= 4 is 41.1 Å². The summed E-state index contributed by atoms with van der Waals surface area (Å²) in [4.78, 5) is 20.4. The number of halogens is 2. The lowest BCUT2D eigenvalue weighted by molar-refractivity contribution is 0.0945. The summed E-state index contributed by atoms with van der Waals surface area (Å²) in [6.45, 7) is 3.66. The molecule has 0 saturated heterocycles. The Morgan fingerprint density at radius 1 is 1.28 bits per heavy atom. The number of nitrogens with zero attached hydrogens (tertiary/aromatic N) is 5. The molecule has 8 nitrogen and oxygen atoms in total. The van der Waals surface area contributed by atoms with Crippen LogP contribution in [0.3, 0.4) is 0 Å². The zero-order chi connectivity index (χ0) is 18.1. The van der Waals surface area contributed by atoms with E-state index in [0.29, 0.717) is 10.8 Å². The number of carbonyl (C=O) groups is 1. The van der Waals surface area contributed by atoms with E-state index in [2.05, 4.69) is 25.6 Å². The Balaban J connectivity index is 1.80. The zero-order valence-electron chi connectivity index (χ0n) is 13.2. The van der Waals surface area contributed by atoms with E-state index in [4.69, 9.17) is 23.2 Å². The average Bonchev–Trinajstić information content (AvgIpc) is 2.96. The summed E-state index contributed by atoms with van der Waals surface area (Å²) in [7, 11) is 0. The van der Waals surface area contributed by atoms with Gasteiger partial charge in [-0.05, 0) is 32.0 Å². The SMILES string of the molecule is Cc1cc(C)n2nc(C(=O)N/N=C/c3cc(Cl)cc(Cl)c3O)nc2n1. The van der Waals surface area contributed by atoms with Gasteiger partial charge in [0.25, 0.3) is 5.78 Å². The number of amides is 1. The molecular weight excluding hydrogens is 367 g/mol. The molecule has 0 bridgehead atoms. The van der Waals surface area contributed by atoms with Gasteiger partial charge in [0.15, 0.2) is 0 Å². The molecule has 0 atom stereocenters. The maximum Gasteiger partial charge on any atom is 0.311 e. The summed E-state index contributed by atoms with van der Waals surface area (Å²) in [6.07, 6.45) is 1.22. The van der Waals surface area contributed by atoms with Crippen LogP contribution in [0, 0.1) is 13.8 Å². The van der Waals surface area contributed by atoms with Crippen LogP contribution in [-0.2, 0) is 0 Å². The zero-order valence-corrected chi connectivity index (χ0v) is 14.7. The molecule has 0 saturated carbocycles. The lowest BCUT2D eigenvalue weighted by Gasteiger charge is -2.02. The number of hydrazone groups is 1. The Morgan fingerprint density at radius 3 is 2.80 bits per heavy atom. The number of aryl methyl sites for hydroxylation is 2. The van der Waals surface area contributed by atoms with E-state index in [0.717, 1.165) is 11.4 Å². The summed E-state index contributed by atoms with van der Waals surface area (Å²) >= 11 is 11.7. The molecule has 3 aromatic rings. The Hall–Kier alpha value is -2.71. The largest absolute Gasteiger partial charge is 0.506 e. The first-order valence-electron chi connectivity index (χ1n) is 7.07. The first-order valence-corrected chi connectivity index (χ1v) is 7.83. The molecule has 0 aliphatic carbocycles. The molecule has 0 spiro atoms. The third-order valence-corrected chi connectivity index (χ3v) is 3.76. The van der Waals surface area contributed by atoms with Gasteiger partial charge < -0.3 is 5.11 Å². The van der Waals surface area contributed by atoms with Gasteiger partial charge in [-0.25, -0.2) is 14.9 Å². The maximum atomic E-state index is 12.1. The second kappa shape index (κ2) is 6.66. The molecule has 2 aromatic heterocycles. The maximum absolute atomic E-state index is 12.1. The fourth-order valence-electron chi connectivity index (χ4n) is 2.16. The van der Waals surface area contributed by atoms with Crippen molar-refractivity contribution in [1.29, 1.82) is 0 Å². The fourth-order valence-corrected chi connectivity index (χ4v) is 2.67. The predicted molar refractivity (Wildman–Crippen MR) is 93.4 cm³/mol. The third kappa shape index (κ3) is 3.54. The summed E-state index contributed by atoms with van der Waals surface area (Å²) in [5, 5.41) is 18.1. The molecule has 2 heterocycles. The number of nitrogens with one attached hydrogen (secondary N) is 1. The van der Waals surface area contributed by atoms with Gasteiger partial charge >= 0.3 is 5.91 Å². The average molecular weight is 379 g/mol. The monoisotopic (exact) mass is 378 g/mol. The van der Waals surface area contributed by atoms with Crippen LogP contribution in [0.5, 0.6) is 5.75 Å². The van der Waals surface area contributed by atoms with Crippen molar-refractivity contribution in [3.63, 3.8) is 0 Å². The van der Waals surface area contributed by atoms with Gasteiger partial charge in [0.1, 0.15) is 5.75 Å². The normalized spacial score (nSPS) is 11.4. The molecule has 10 heteroatoms. The van der Waals surface area contributed by atoms with E-state index in [-0.39, 0.29) is 22.2 Å². The minimum absolute atomic E-state index is 0.0771. The molecule has 25 heavy (non-hydrogen) atoms. The fraction of sp³-hybridized carbons (Fsp3) is 0.133. The smallest absolute Gasteiger partial charge is 0.311 e. The number of aromatic nitrogens is 4. The summed E-state index contributed by atoms with van der Waals surface area (Å²) < 4.78 is 1.47. The third-order valence-electron chi connectivity index (χ3n) is 3.25. The van der Waals surface area contributed by atoms with Gasteiger partial charge in [-0.15, -0.1) is 5.10 Å². The molecule has 3 rings (SSSR count). The highest BCUT2D eigenvalue weighted by molar-refractivity contribution is 6.36. The number of aromatic hydroxyl groups is 1. The minimum atomic E-state index is -0.619. The van der Waals surface area contributed by atoms with Crippen molar-refractivity contribution in [1.82, 2.24) is 25.0 Å². The highest BCUT2D eigenvalue weighted by atomic mass is 35.5. The van der Waals surface area contributed by atoms with Gasteiger partial charge in [-0.2, -0.15) is 10.1 Å². The summed E-state index contributed by atoms with van der Waals surface area (Å²) in [6, 6.07) is 4.68. The number of phenols is 1. The Kier molecular flexibility index (Phi) is 4.56. The number of phenolic OH excluding ortho intramolecular Hbond substituents is 1. The molecule has 0 unspecified atom stereocenters. The minimum Gasteiger partial charge on any atom is -0.506 e. The molecule has 0 radical (unpaired) electrons. The summed E-state index contributed by atoms with van der Waals surface area (Å²) in [5.41, 5.74) is 4.11. The van der Waals surface area contributed by atoms with Crippen molar-refractivity contribution in [3.8, 4) is 5.75 Å². The molecule has 1 amide bonds. The number of fused-ring (bicyclic) bond motifs is 1. The lowest BCUT2D eigenvalue weighted by Crippen LogP contribution is -2.19. The molecule has 128 valence electrons. The van der Waals surface area contributed by atoms with Crippen LogP contribution < -0.4 is 5.43 Å². The first kappa shape index (κ1) is 17.1. The van der Waals surface area contributed by atoms with Crippen molar-refractivity contribution in [2.45, 2.75) is 13.8 Å². The van der Waals surface area contributed by atoms with E-state index in [1.807, 2.05) is 19.9 Å². The highest BCUT2D eigenvalue weighted by Gasteiger charge is 2.14. The molecule has 0 aliphatic heterocycles. The van der Waals surface area contributed by atoms with Crippen LogP contribution in [0.25, 0.3) is 5.78 Å². The van der Waals surface area contributed by atoms with E-state index in [9.17, 15) is 9.90 Å². The van der Waals surface area contributed by atoms with Crippen LogP contribution in [0.4, 0.5) is 0 Å². The van der Waals surface area contributed by atoms with Crippen LogP contribution in [0.1, 0.15) is 27.6 Å². The van der Waals surface area contributed by atoms with Gasteiger partial charge in [-0.3, -0.25) is 4.79 Å². The number of hydrogen-bond donors (Lipinski definition) is 2. The molecule has 0 aliphatic rings. The quantitative estimate of drug-likeness (QED) is 0.538. The van der Waals surface area contributed by atoms with E-state index in [1.165, 1.54) is 22.9 Å². The van der Waals surface area contributed by atoms with Gasteiger partial charge in [0.05, 0.1) is 11.2 Å². The standard InChI is InChI=1S/C15H12Cl2N6O2/c1-7-3-8(2)23-15(19-7)20-13(22-23)14(25)21-18-6-9-4-10(16)5-11(17)12(9)24/h3-6,24H,1-2H3,(H,21,25)/b18-6+. The Labute approximate surface area is 152 Å². The number of benzene rings is 1. The second-order valence-corrected chi connectivity index (χ2v) is 6.05. The molecule has 0 fully saturated rings. The number of rotatable bonds is 3. The summed E-state index contributed by atoms with van der Waals surface area (Å²) in [5.74, 6) is -0.561. The van der Waals surface area contributed by atoms with E-state index >= 15 is 0 Å². The van der Waals surface area contributed by atoms with Crippen molar-refractivity contribution in [2.24, 2.45) is 5.10 Å². The molecule has 2 N–H and O–H groups in total. The van der Waals surface area contributed by atoms with Crippen LogP contribution in [-0.4, -0.2) is 36.8 Å². The van der Waals surface area contributed by atoms with Crippen LogP contribution in [0.15, 0.2) is 23.3 Å². The highest BCUT2D eigenvalue weighted by Crippen LogP contribution is 2.29. The van der Waals surface area contributed by atoms with Crippen LogP contribution >= 0.6 is 23.2 Å². The predicted octanol–water partition coefficient (Wildman–Crippen LogP) is 2.52. The van der Waals surface area contributed by atoms with E-state index < -0.39 is 5.91 Å². The number of hydrogen-bond acceptors (Lipinski definition) is 6. The molecular formula is C15H12Cl2N6O2. The van der Waals surface area contributed by atoms with E-state index in [1.54, 1.807) is 0 Å². The second-order valence-electron chi connectivity index (χ2n) is 5.21. The lowest BCUT2D eigenvalue weighted by atomic mass is 10.2. The van der Waals surface area contributed by atoms with Crippen molar-refractivity contribution < 1.29 is 9.90 Å². The van der Waals surface area contributed by atoms with Crippen molar-refractivity contribution in [2.75, 3.05) is 0 Å². The van der Waals surface area contributed by atoms with Crippen LogP contribution in [0.2, 0.25) is 10.0 Å². The molecule has 1 aromatic carbocycles. The Bertz CT molecular complexity index is 1010. The van der Waals surface area contributed by atoms with Gasteiger partial charge in [0, 0.05) is 22.0 Å². The topological polar surface area (TPSA) is 105 Å².